The van der Waals surface area contributed by atoms with Gasteiger partial charge in [-0.2, -0.15) is 11.8 Å². The molecule has 18 heavy (non-hydrogen) atoms. The molecule has 1 aromatic carbocycles. The van der Waals surface area contributed by atoms with Crippen LogP contribution in [0.5, 0.6) is 0 Å². The highest BCUT2D eigenvalue weighted by Gasteiger charge is 2.03. The van der Waals surface area contributed by atoms with Gasteiger partial charge in [0.1, 0.15) is 0 Å². The summed E-state index contributed by atoms with van der Waals surface area (Å²) in [5, 5.41) is 0. The molecule has 0 heterocycles. The molecule has 0 atom stereocenters. The highest BCUT2D eigenvalue weighted by Crippen LogP contribution is 2.11. The van der Waals surface area contributed by atoms with E-state index in [0.29, 0.717) is 0 Å². The third-order valence-corrected chi connectivity index (χ3v) is 3.16. The summed E-state index contributed by atoms with van der Waals surface area (Å²) in [7, 11) is 8.06. The van der Waals surface area contributed by atoms with Crippen molar-refractivity contribution < 1.29 is 0 Å². The van der Waals surface area contributed by atoms with Gasteiger partial charge in [0, 0.05) is 33.9 Å². The molecular formula is C14H23N3S. The average Bonchev–Trinajstić information content (AvgIpc) is 2.31. The van der Waals surface area contributed by atoms with E-state index in [4.69, 9.17) is 0 Å². The first kappa shape index (κ1) is 14.9. The van der Waals surface area contributed by atoms with E-state index in [1.807, 2.05) is 49.8 Å². The van der Waals surface area contributed by atoms with Crippen LogP contribution in [0.15, 0.2) is 29.3 Å². The monoisotopic (exact) mass is 265 g/mol. The Kier molecular flexibility index (Phi) is 6.05. The van der Waals surface area contributed by atoms with Crippen molar-refractivity contribution in [2.45, 2.75) is 12.3 Å². The molecule has 0 N–H and O–H groups in total. The maximum absolute atomic E-state index is 4.63. The molecule has 1 aromatic rings. The van der Waals surface area contributed by atoms with Gasteiger partial charge in [0.2, 0.25) is 0 Å². The Morgan fingerprint density at radius 1 is 1.00 bits per heavy atom. The van der Waals surface area contributed by atoms with Crippen molar-refractivity contribution in [1.82, 2.24) is 9.80 Å². The summed E-state index contributed by atoms with van der Waals surface area (Å²) in [4.78, 5) is 8.69. The van der Waals surface area contributed by atoms with Gasteiger partial charge in [-0.15, -0.1) is 0 Å². The van der Waals surface area contributed by atoms with Crippen molar-refractivity contribution in [3.8, 4) is 0 Å². The number of guanidine groups is 1. The van der Waals surface area contributed by atoms with Crippen LogP contribution in [-0.2, 0) is 12.3 Å². The zero-order chi connectivity index (χ0) is 13.5. The predicted molar refractivity (Wildman–Crippen MR) is 82.2 cm³/mol. The fourth-order valence-electron chi connectivity index (χ4n) is 1.75. The van der Waals surface area contributed by atoms with Crippen LogP contribution in [-0.4, -0.2) is 50.2 Å². The van der Waals surface area contributed by atoms with Gasteiger partial charge < -0.3 is 9.80 Å². The molecule has 0 aromatic heterocycles. The first-order valence-corrected chi connectivity index (χ1v) is 7.40. The van der Waals surface area contributed by atoms with Crippen LogP contribution in [0.4, 0.5) is 0 Å². The molecule has 4 heteroatoms. The summed E-state index contributed by atoms with van der Waals surface area (Å²) in [6.07, 6.45) is 2.12. The van der Waals surface area contributed by atoms with Gasteiger partial charge in [-0.25, -0.2) is 4.99 Å². The lowest BCUT2D eigenvalue weighted by atomic mass is 10.1. The highest BCUT2D eigenvalue weighted by molar-refractivity contribution is 7.97. The van der Waals surface area contributed by atoms with Crippen LogP contribution >= 0.6 is 11.8 Å². The summed E-state index contributed by atoms with van der Waals surface area (Å²) in [5.41, 5.74) is 2.62. The van der Waals surface area contributed by atoms with Gasteiger partial charge in [0.05, 0.1) is 6.54 Å². The van der Waals surface area contributed by atoms with Crippen LogP contribution in [0.25, 0.3) is 0 Å². The van der Waals surface area contributed by atoms with E-state index < -0.39 is 0 Å². The van der Waals surface area contributed by atoms with Gasteiger partial charge in [-0.05, 0) is 17.4 Å². The van der Waals surface area contributed by atoms with Crippen LogP contribution < -0.4 is 0 Å². The molecular weight excluding hydrogens is 242 g/mol. The Labute approximate surface area is 115 Å². The number of hydrogen-bond donors (Lipinski definition) is 0. The van der Waals surface area contributed by atoms with Crippen LogP contribution in [0.2, 0.25) is 0 Å². The lowest BCUT2D eigenvalue weighted by Crippen LogP contribution is -2.35. The summed E-state index contributed by atoms with van der Waals surface area (Å²) in [6.45, 7) is 0.727. The molecule has 0 radical (unpaired) electrons. The van der Waals surface area contributed by atoms with E-state index in [1.165, 1.54) is 11.1 Å². The van der Waals surface area contributed by atoms with E-state index in [1.54, 1.807) is 0 Å². The van der Waals surface area contributed by atoms with Crippen LogP contribution in [0.1, 0.15) is 11.1 Å². The topological polar surface area (TPSA) is 18.8 Å². The number of benzene rings is 1. The van der Waals surface area contributed by atoms with Crippen LogP contribution in [0, 0.1) is 0 Å². The van der Waals surface area contributed by atoms with E-state index in [-0.39, 0.29) is 0 Å². The molecule has 1 rings (SSSR count). The van der Waals surface area contributed by atoms with Crippen molar-refractivity contribution in [3.63, 3.8) is 0 Å². The minimum Gasteiger partial charge on any atom is -0.349 e. The van der Waals surface area contributed by atoms with Crippen molar-refractivity contribution in [2.24, 2.45) is 4.99 Å². The maximum atomic E-state index is 4.63. The van der Waals surface area contributed by atoms with Gasteiger partial charge in [0.25, 0.3) is 0 Å². The second-order valence-electron chi connectivity index (χ2n) is 4.65. The number of aliphatic imine (C=N–C) groups is 1. The first-order valence-electron chi connectivity index (χ1n) is 6.00. The molecule has 0 unspecified atom stereocenters. The van der Waals surface area contributed by atoms with Crippen molar-refractivity contribution in [2.75, 3.05) is 34.4 Å². The Hall–Kier alpha value is -1.16. The third-order valence-electron chi connectivity index (χ3n) is 2.54. The van der Waals surface area contributed by atoms with Gasteiger partial charge >= 0.3 is 0 Å². The number of hydrogen-bond acceptors (Lipinski definition) is 2. The summed E-state index contributed by atoms with van der Waals surface area (Å²) >= 11 is 1.85. The molecule has 3 nitrogen and oxygen atoms in total. The van der Waals surface area contributed by atoms with Crippen molar-refractivity contribution in [3.05, 3.63) is 35.4 Å². The molecule has 0 saturated carbocycles. The molecule has 100 valence electrons. The average molecular weight is 265 g/mol. The quantitative estimate of drug-likeness (QED) is 0.616. The molecule has 0 aliphatic heterocycles. The minimum atomic E-state index is 0.727. The lowest BCUT2D eigenvalue weighted by Gasteiger charge is -2.22. The van der Waals surface area contributed by atoms with E-state index in [9.17, 15) is 0 Å². The standard InChI is InChI=1S/C14H23N3S/c1-16(2)14(17(3)4)15-10-12-6-8-13(9-7-12)11-18-5/h6-9H,10-11H2,1-5H3. The van der Waals surface area contributed by atoms with Gasteiger partial charge in [-0.1, -0.05) is 24.3 Å². The lowest BCUT2D eigenvalue weighted by molar-refractivity contribution is 0.479. The van der Waals surface area contributed by atoms with Gasteiger partial charge in [-0.3, -0.25) is 0 Å². The summed E-state index contributed by atoms with van der Waals surface area (Å²) in [6, 6.07) is 8.70. The van der Waals surface area contributed by atoms with Crippen LogP contribution in [0.3, 0.4) is 0 Å². The zero-order valence-electron chi connectivity index (χ0n) is 12.0. The molecule has 0 bridgehead atoms. The first-order chi connectivity index (χ1) is 8.54. The number of thioether (sulfide) groups is 1. The summed E-state index contributed by atoms with van der Waals surface area (Å²) in [5.74, 6) is 2.06. The minimum absolute atomic E-state index is 0.727. The maximum Gasteiger partial charge on any atom is 0.195 e. The third kappa shape index (κ3) is 4.61. The van der Waals surface area contributed by atoms with Gasteiger partial charge in [0.15, 0.2) is 5.96 Å². The Morgan fingerprint density at radius 2 is 1.50 bits per heavy atom. The normalized spacial score (nSPS) is 10.1. The number of nitrogens with zero attached hydrogens (tertiary/aromatic N) is 3. The molecule has 0 fully saturated rings. The molecule has 0 saturated heterocycles. The molecule has 0 aliphatic carbocycles. The zero-order valence-corrected chi connectivity index (χ0v) is 12.8. The fraction of sp³-hybridized carbons (Fsp3) is 0.500. The largest absolute Gasteiger partial charge is 0.349 e. The Morgan fingerprint density at radius 3 is 1.94 bits per heavy atom. The molecule has 0 aliphatic rings. The van der Waals surface area contributed by atoms with E-state index >= 15 is 0 Å². The smallest absolute Gasteiger partial charge is 0.195 e. The Balaban J connectivity index is 2.69. The summed E-state index contributed by atoms with van der Waals surface area (Å²) < 4.78 is 0. The highest BCUT2D eigenvalue weighted by atomic mass is 32.2. The second-order valence-corrected chi connectivity index (χ2v) is 5.52. The fourth-order valence-corrected chi connectivity index (χ4v) is 2.28. The number of rotatable bonds is 4. The van der Waals surface area contributed by atoms with E-state index in [0.717, 1.165) is 18.3 Å². The van der Waals surface area contributed by atoms with Crippen molar-refractivity contribution >= 4 is 17.7 Å². The molecule has 0 spiro atoms. The molecule has 0 amide bonds. The SMILES string of the molecule is CSCc1ccc(CN=C(N(C)C)N(C)C)cc1. The Bertz CT molecular complexity index is 373. The van der Waals surface area contributed by atoms with E-state index in [2.05, 4.69) is 35.5 Å². The second kappa shape index (κ2) is 7.31. The van der Waals surface area contributed by atoms with Crippen molar-refractivity contribution in [1.29, 1.82) is 0 Å². The predicted octanol–water partition coefficient (Wildman–Crippen LogP) is 2.53.